The number of fused-ring (bicyclic) bond motifs is 2. The van der Waals surface area contributed by atoms with Crippen molar-refractivity contribution in [3.63, 3.8) is 0 Å². The van der Waals surface area contributed by atoms with Crippen LogP contribution in [0.4, 0.5) is 5.69 Å². The summed E-state index contributed by atoms with van der Waals surface area (Å²) in [6.45, 7) is 4.50. The van der Waals surface area contributed by atoms with E-state index in [0.717, 1.165) is 17.8 Å². The van der Waals surface area contributed by atoms with Crippen molar-refractivity contribution in [2.24, 2.45) is 17.8 Å². The monoisotopic (exact) mass is 305 g/mol. The fourth-order valence-corrected chi connectivity index (χ4v) is 3.88. The summed E-state index contributed by atoms with van der Waals surface area (Å²) in [5.74, 6) is 2.47. The van der Waals surface area contributed by atoms with Crippen molar-refractivity contribution in [2.45, 2.75) is 32.7 Å². The van der Waals surface area contributed by atoms with Gasteiger partial charge in [0.2, 0.25) is 0 Å². The molecule has 1 fully saturated rings. The van der Waals surface area contributed by atoms with Gasteiger partial charge in [0.1, 0.15) is 0 Å². The highest BCUT2D eigenvalue weighted by Crippen LogP contribution is 2.45. The van der Waals surface area contributed by atoms with E-state index in [1.54, 1.807) is 0 Å². The van der Waals surface area contributed by atoms with Gasteiger partial charge in [-0.2, -0.15) is 0 Å². The fourth-order valence-electron chi connectivity index (χ4n) is 3.51. The summed E-state index contributed by atoms with van der Waals surface area (Å²) in [5, 5.41) is 3.71. The van der Waals surface area contributed by atoms with Gasteiger partial charge in [0.05, 0.1) is 0 Å². The Kier molecular flexibility index (Phi) is 3.23. The van der Waals surface area contributed by atoms with Gasteiger partial charge in [-0.3, -0.25) is 0 Å². The smallest absolute Gasteiger partial charge is 0.0383 e. The lowest BCUT2D eigenvalue weighted by Crippen LogP contribution is -2.29. The van der Waals surface area contributed by atoms with E-state index >= 15 is 0 Å². The minimum Gasteiger partial charge on any atom is -0.382 e. The number of hydrogen-bond donors (Lipinski definition) is 1. The van der Waals surface area contributed by atoms with Crippen LogP contribution in [0.25, 0.3) is 0 Å². The van der Waals surface area contributed by atoms with Crippen molar-refractivity contribution in [1.82, 2.24) is 0 Å². The van der Waals surface area contributed by atoms with E-state index in [1.807, 2.05) is 0 Å². The molecule has 0 saturated heterocycles. The number of halogens is 1. The van der Waals surface area contributed by atoms with Gasteiger partial charge in [-0.25, -0.2) is 0 Å². The first-order valence-corrected chi connectivity index (χ1v) is 7.64. The minimum absolute atomic E-state index is 0.554. The number of allylic oxidation sites excluding steroid dienone is 2. The summed E-state index contributed by atoms with van der Waals surface area (Å²) in [7, 11) is 0. The molecule has 3 rings (SSSR count). The number of nitrogens with one attached hydrogen (secondary N) is 1. The van der Waals surface area contributed by atoms with Gasteiger partial charge in [-0.1, -0.05) is 34.1 Å². The first-order valence-electron chi connectivity index (χ1n) is 6.85. The average molecular weight is 306 g/mol. The molecule has 1 saturated carbocycles. The Labute approximate surface area is 118 Å². The molecule has 0 heterocycles. The van der Waals surface area contributed by atoms with E-state index in [-0.39, 0.29) is 0 Å². The maximum absolute atomic E-state index is 3.71. The van der Waals surface area contributed by atoms with Gasteiger partial charge in [0.15, 0.2) is 0 Å². The van der Waals surface area contributed by atoms with Crippen LogP contribution < -0.4 is 5.32 Å². The summed E-state index contributed by atoms with van der Waals surface area (Å²) in [6.07, 6.45) is 7.60. The number of anilines is 1. The molecule has 4 atom stereocenters. The Hall–Kier alpha value is -0.760. The fraction of sp³-hybridized carbons (Fsp3) is 0.500. The molecule has 0 radical (unpaired) electrons. The van der Waals surface area contributed by atoms with Crippen molar-refractivity contribution in [2.75, 3.05) is 5.32 Å². The van der Waals surface area contributed by atoms with E-state index < -0.39 is 0 Å². The van der Waals surface area contributed by atoms with Crippen LogP contribution in [0.3, 0.4) is 0 Å². The van der Waals surface area contributed by atoms with E-state index in [2.05, 4.69) is 65.4 Å². The van der Waals surface area contributed by atoms with Crippen molar-refractivity contribution in [1.29, 1.82) is 0 Å². The number of hydrogen-bond acceptors (Lipinski definition) is 1. The Morgan fingerprint density at radius 2 is 2.11 bits per heavy atom. The van der Waals surface area contributed by atoms with Crippen LogP contribution in [-0.4, -0.2) is 6.04 Å². The maximum Gasteiger partial charge on any atom is 0.0383 e. The topological polar surface area (TPSA) is 12.0 Å². The van der Waals surface area contributed by atoms with E-state index in [0.29, 0.717) is 6.04 Å². The quantitative estimate of drug-likeness (QED) is 0.793. The van der Waals surface area contributed by atoms with Crippen LogP contribution in [-0.2, 0) is 0 Å². The van der Waals surface area contributed by atoms with Crippen LogP contribution >= 0.6 is 15.9 Å². The Morgan fingerprint density at radius 3 is 2.78 bits per heavy atom. The summed E-state index contributed by atoms with van der Waals surface area (Å²) < 4.78 is 1.19. The average Bonchev–Trinajstić information content (AvgIpc) is 2.97. The normalized spacial score (nSPS) is 30.7. The van der Waals surface area contributed by atoms with Crippen molar-refractivity contribution in [3.05, 3.63) is 40.4 Å². The van der Waals surface area contributed by atoms with Crippen molar-refractivity contribution < 1.29 is 0 Å². The zero-order valence-corrected chi connectivity index (χ0v) is 12.6. The van der Waals surface area contributed by atoms with Crippen LogP contribution in [0, 0.1) is 24.7 Å². The molecule has 0 spiro atoms. The lowest BCUT2D eigenvalue weighted by Gasteiger charge is -2.28. The molecule has 2 aliphatic carbocycles. The molecular weight excluding hydrogens is 286 g/mol. The van der Waals surface area contributed by atoms with Crippen LogP contribution in [0.2, 0.25) is 0 Å². The molecule has 1 aromatic rings. The molecule has 1 N–H and O–H groups in total. The van der Waals surface area contributed by atoms with Gasteiger partial charge in [0.25, 0.3) is 0 Å². The third-order valence-corrected chi connectivity index (χ3v) is 5.48. The third kappa shape index (κ3) is 2.11. The van der Waals surface area contributed by atoms with Gasteiger partial charge >= 0.3 is 0 Å². The molecule has 4 unspecified atom stereocenters. The Balaban J connectivity index is 1.73. The summed E-state index contributed by atoms with van der Waals surface area (Å²) in [6, 6.07) is 6.94. The highest BCUT2D eigenvalue weighted by atomic mass is 79.9. The first-order chi connectivity index (χ1) is 8.65. The van der Waals surface area contributed by atoms with Gasteiger partial charge < -0.3 is 5.32 Å². The molecule has 1 aromatic carbocycles. The van der Waals surface area contributed by atoms with E-state index in [1.165, 1.54) is 28.6 Å². The summed E-state index contributed by atoms with van der Waals surface area (Å²) in [5.41, 5.74) is 2.58. The van der Waals surface area contributed by atoms with Gasteiger partial charge in [-0.05, 0) is 62.1 Å². The second-order valence-corrected chi connectivity index (χ2v) is 6.64. The molecule has 1 nitrogen and oxygen atoms in total. The highest BCUT2D eigenvalue weighted by molar-refractivity contribution is 9.10. The predicted octanol–water partition coefficient (Wildman–Crippen LogP) is 4.77. The molecule has 0 aliphatic heterocycles. The second kappa shape index (κ2) is 4.73. The molecule has 2 aliphatic rings. The molecular formula is C16H20BrN. The number of rotatable bonds is 3. The van der Waals surface area contributed by atoms with Crippen LogP contribution in [0.1, 0.15) is 25.3 Å². The van der Waals surface area contributed by atoms with Crippen LogP contribution in [0.15, 0.2) is 34.8 Å². The lowest BCUT2D eigenvalue weighted by atomic mass is 9.87. The zero-order chi connectivity index (χ0) is 12.7. The molecule has 18 heavy (non-hydrogen) atoms. The third-order valence-electron chi connectivity index (χ3n) is 4.62. The van der Waals surface area contributed by atoms with E-state index in [9.17, 15) is 0 Å². The minimum atomic E-state index is 0.554. The predicted molar refractivity (Wildman–Crippen MR) is 80.8 cm³/mol. The number of benzene rings is 1. The molecule has 96 valence electrons. The molecule has 2 heteroatoms. The van der Waals surface area contributed by atoms with Gasteiger partial charge in [0, 0.05) is 16.2 Å². The SMILES string of the molecule is Cc1c(Br)cccc1NC(C)C1CC2C=CC1C2. The van der Waals surface area contributed by atoms with Crippen molar-refractivity contribution >= 4 is 21.6 Å². The van der Waals surface area contributed by atoms with Crippen LogP contribution in [0.5, 0.6) is 0 Å². The highest BCUT2D eigenvalue weighted by Gasteiger charge is 2.38. The summed E-state index contributed by atoms with van der Waals surface area (Å²) >= 11 is 3.60. The van der Waals surface area contributed by atoms with E-state index in [4.69, 9.17) is 0 Å². The molecule has 0 amide bonds. The van der Waals surface area contributed by atoms with Crippen molar-refractivity contribution in [3.8, 4) is 0 Å². The first kappa shape index (κ1) is 12.3. The standard InChI is InChI=1S/C16H20BrN/c1-10-15(17)4-3-5-16(10)18-11(2)14-9-12-6-7-13(14)8-12/h3-7,11-14,18H,8-9H2,1-2H3. The lowest BCUT2D eigenvalue weighted by molar-refractivity contribution is 0.400. The second-order valence-electron chi connectivity index (χ2n) is 5.79. The maximum atomic E-state index is 3.71. The molecule has 0 aromatic heterocycles. The largest absolute Gasteiger partial charge is 0.382 e. The Morgan fingerprint density at radius 1 is 1.28 bits per heavy atom. The summed E-state index contributed by atoms with van der Waals surface area (Å²) in [4.78, 5) is 0. The Bertz CT molecular complexity index is 480. The zero-order valence-electron chi connectivity index (χ0n) is 11.0. The molecule has 2 bridgehead atoms. The van der Waals surface area contributed by atoms with Gasteiger partial charge in [-0.15, -0.1) is 0 Å².